The van der Waals surface area contributed by atoms with E-state index >= 15 is 0 Å². The summed E-state index contributed by atoms with van der Waals surface area (Å²) in [6, 6.07) is 2.31. The Morgan fingerprint density at radius 3 is 2.51 bits per heavy atom. The Labute approximate surface area is 208 Å². The SMILES string of the molecule is CN1CCN(c2cnc(Nc3ncc(-c4ccnc(OC5CCC6(CC5)COC6)n4)s3)nc2)CC1. The second-order valence-electron chi connectivity index (χ2n) is 9.74. The topological polar surface area (TPSA) is 101 Å². The molecule has 6 rings (SSSR count). The Morgan fingerprint density at radius 2 is 1.80 bits per heavy atom. The van der Waals surface area contributed by atoms with Crippen LogP contribution in [0.3, 0.4) is 0 Å². The van der Waals surface area contributed by atoms with Crippen molar-refractivity contribution in [3.8, 4) is 16.6 Å². The molecule has 35 heavy (non-hydrogen) atoms. The lowest BCUT2D eigenvalue weighted by atomic mass is 9.72. The monoisotopic (exact) mass is 494 g/mol. The second kappa shape index (κ2) is 9.63. The Balaban J connectivity index is 1.06. The van der Waals surface area contributed by atoms with E-state index in [0.717, 1.165) is 81.3 Å². The van der Waals surface area contributed by atoms with Gasteiger partial charge in [0.05, 0.1) is 41.9 Å². The lowest BCUT2D eigenvalue weighted by Gasteiger charge is -2.45. The van der Waals surface area contributed by atoms with Gasteiger partial charge in [0.25, 0.3) is 0 Å². The number of nitrogens with one attached hydrogen (secondary N) is 1. The predicted octanol–water partition coefficient (Wildman–Crippen LogP) is 3.22. The lowest BCUT2D eigenvalue weighted by Crippen LogP contribution is -2.46. The summed E-state index contributed by atoms with van der Waals surface area (Å²) in [5, 5.41) is 3.92. The number of rotatable bonds is 6. The van der Waals surface area contributed by atoms with E-state index in [2.05, 4.69) is 47.1 Å². The van der Waals surface area contributed by atoms with Crippen LogP contribution in [0.5, 0.6) is 6.01 Å². The van der Waals surface area contributed by atoms with Gasteiger partial charge in [-0.25, -0.2) is 19.9 Å². The first kappa shape index (κ1) is 22.6. The summed E-state index contributed by atoms with van der Waals surface area (Å²) >= 11 is 1.50. The minimum absolute atomic E-state index is 0.168. The maximum absolute atomic E-state index is 6.13. The molecule has 3 aromatic heterocycles. The van der Waals surface area contributed by atoms with E-state index in [1.165, 1.54) is 11.3 Å². The van der Waals surface area contributed by atoms with E-state index in [9.17, 15) is 0 Å². The highest BCUT2D eigenvalue weighted by atomic mass is 32.1. The summed E-state index contributed by atoms with van der Waals surface area (Å²) in [7, 11) is 2.15. The third-order valence-electron chi connectivity index (χ3n) is 7.20. The van der Waals surface area contributed by atoms with Crippen molar-refractivity contribution < 1.29 is 9.47 Å². The van der Waals surface area contributed by atoms with Gasteiger partial charge in [0.15, 0.2) is 5.13 Å². The van der Waals surface area contributed by atoms with Gasteiger partial charge in [0, 0.05) is 44.0 Å². The normalized spacial score (nSPS) is 20.5. The van der Waals surface area contributed by atoms with Crippen LogP contribution in [-0.2, 0) is 4.74 Å². The minimum atomic E-state index is 0.168. The summed E-state index contributed by atoms with van der Waals surface area (Å²) in [4.78, 5) is 28.0. The number of piperazine rings is 1. The van der Waals surface area contributed by atoms with E-state index < -0.39 is 0 Å². The number of thiazole rings is 1. The van der Waals surface area contributed by atoms with Crippen molar-refractivity contribution in [3.63, 3.8) is 0 Å². The van der Waals surface area contributed by atoms with Crippen molar-refractivity contribution in [1.82, 2.24) is 29.8 Å². The fourth-order valence-corrected chi connectivity index (χ4v) is 5.62. The number of likely N-dealkylation sites (N-methyl/N-ethyl adjacent to an activating group) is 1. The standard InChI is InChI=1S/C24H30N8O2S/c1-31-8-10-32(11-9-31)17-12-26-21(27-13-17)30-23-28-14-20(35-23)19-4-7-25-22(29-19)34-18-2-5-24(6-3-18)15-33-16-24/h4,7,12-14,18H,2-3,5-6,8-11,15-16H2,1H3,(H,26,27,28,30). The van der Waals surface area contributed by atoms with Crippen LogP contribution in [0.25, 0.3) is 10.6 Å². The summed E-state index contributed by atoms with van der Waals surface area (Å²) in [5.41, 5.74) is 2.25. The molecule has 0 radical (unpaired) electrons. The van der Waals surface area contributed by atoms with Crippen molar-refractivity contribution >= 4 is 28.1 Å². The van der Waals surface area contributed by atoms with Gasteiger partial charge in [-0.3, -0.25) is 0 Å². The molecule has 2 saturated heterocycles. The van der Waals surface area contributed by atoms with Gasteiger partial charge in [-0.15, -0.1) is 0 Å². The molecule has 3 fully saturated rings. The summed E-state index contributed by atoms with van der Waals surface area (Å²) in [6.45, 7) is 5.88. The zero-order valence-corrected chi connectivity index (χ0v) is 20.7. The Bertz CT molecular complexity index is 1130. The van der Waals surface area contributed by atoms with Crippen LogP contribution in [0.1, 0.15) is 25.7 Å². The number of nitrogens with zero attached hydrogens (tertiary/aromatic N) is 7. The van der Waals surface area contributed by atoms with Crippen LogP contribution in [0, 0.1) is 5.41 Å². The zero-order chi connectivity index (χ0) is 23.7. The van der Waals surface area contributed by atoms with E-state index in [0.29, 0.717) is 22.5 Å². The van der Waals surface area contributed by atoms with Crippen LogP contribution < -0.4 is 15.0 Å². The molecule has 184 valence electrons. The largest absolute Gasteiger partial charge is 0.460 e. The fraction of sp³-hybridized carbons (Fsp3) is 0.542. The molecule has 0 unspecified atom stereocenters. The summed E-state index contributed by atoms with van der Waals surface area (Å²) < 4.78 is 11.5. The minimum Gasteiger partial charge on any atom is -0.460 e. The maximum atomic E-state index is 6.13. The molecule has 2 aliphatic heterocycles. The van der Waals surface area contributed by atoms with Crippen LogP contribution in [0.2, 0.25) is 0 Å². The molecule has 1 spiro atoms. The van der Waals surface area contributed by atoms with Crippen molar-refractivity contribution in [2.24, 2.45) is 5.41 Å². The smallest absolute Gasteiger partial charge is 0.317 e. The second-order valence-corrected chi connectivity index (χ2v) is 10.8. The summed E-state index contributed by atoms with van der Waals surface area (Å²) in [5.74, 6) is 0.530. The number of ether oxygens (including phenoxy) is 2. The van der Waals surface area contributed by atoms with Gasteiger partial charge >= 0.3 is 6.01 Å². The molecule has 3 aliphatic rings. The van der Waals surface area contributed by atoms with E-state index in [1.807, 2.05) is 18.5 Å². The molecule has 1 saturated carbocycles. The van der Waals surface area contributed by atoms with Crippen molar-refractivity contribution in [1.29, 1.82) is 0 Å². The first-order valence-electron chi connectivity index (χ1n) is 12.2. The third-order valence-corrected chi connectivity index (χ3v) is 8.13. The van der Waals surface area contributed by atoms with Crippen molar-refractivity contribution in [3.05, 3.63) is 30.9 Å². The fourth-order valence-electron chi connectivity index (χ4n) is 4.84. The molecule has 1 N–H and O–H groups in total. The molecule has 11 heteroatoms. The number of hydrogen-bond donors (Lipinski definition) is 1. The predicted molar refractivity (Wildman–Crippen MR) is 134 cm³/mol. The van der Waals surface area contributed by atoms with E-state index in [1.54, 1.807) is 12.4 Å². The van der Waals surface area contributed by atoms with Crippen LogP contribution in [0.4, 0.5) is 16.8 Å². The van der Waals surface area contributed by atoms with E-state index in [-0.39, 0.29) is 6.10 Å². The van der Waals surface area contributed by atoms with Crippen LogP contribution >= 0.6 is 11.3 Å². The van der Waals surface area contributed by atoms with Gasteiger partial charge in [-0.1, -0.05) is 11.3 Å². The number of anilines is 3. The number of aromatic nitrogens is 5. The maximum Gasteiger partial charge on any atom is 0.317 e. The quantitative estimate of drug-likeness (QED) is 0.549. The van der Waals surface area contributed by atoms with Gasteiger partial charge in [0.1, 0.15) is 6.10 Å². The molecular formula is C24H30N8O2S. The van der Waals surface area contributed by atoms with Gasteiger partial charge in [0.2, 0.25) is 5.95 Å². The zero-order valence-electron chi connectivity index (χ0n) is 19.9. The molecular weight excluding hydrogens is 464 g/mol. The molecule has 3 aromatic rings. The molecule has 0 bridgehead atoms. The molecule has 1 aliphatic carbocycles. The molecule has 0 atom stereocenters. The third kappa shape index (κ3) is 5.07. The molecule has 5 heterocycles. The lowest BCUT2D eigenvalue weighted by molar-refractivity contribution is -0.140. The van der Waals surface area contributed by atoms with Crippen LogP contribution in [-0.4, -0.2) is 82.4 Å². The average Bonchev–Trinajstić information content (AvgIpc) is 3.33. The van der Waals surface area contributed by atoms with Gasteiger partial charge in [-0.05, 0) is 38.8 Å². The highest BCUT2D eigenvalue weighted by Gasteiger charge is 2.42. The van der Waals surface area contributed by atoms with E-state index in [4.69, 9.17) is 9.47 Å². The Hall–Kier alpha value is -2.89. The first-order valence-corrected chi connectivity index (χ1v) is 13.0. The highest BCUT2D eigenvalue weighted by Crippen LogP contribution is 2.43. The Morgan fingerprint density at radius 1 is 1.03 bits per heavy atom. The number of hydrogen-bond acceptors (Lipinski definition) is 11. The molecule has 10 nitrogen and oxygen atoms in total. The summed E-state index contributed by atoms with van der Waals surface area (Å²) in [6.07, 6.45) is 11.8. The van der Waals surface area contributed by atoms with Crippen molar-refractivity contribution in [2.75, 3.05) is 56.7 Å². The Kier molecular flexibility index (Phi) is 6.21. The molecule has 0 aromatic carbocycles. The van der Waals surface area contributed by atoms with Gasteiger partial charge < -0.3 is 24.6 Å². The van der Waals surface area contributed by atoms with Crippen LogP contribution in [0.15, 0.2) is 30.9 Å². The van der Waals surface area contributed by atoms with Gasteiger partial charge in [-0.2, -0.15) is 4.98 Å². The van der Waals surface area contributed by atoms with Crippen molar-refractivity contribution in [2.45, 2.75) is 31.8 Å². The average molecular weight is 495 g/mol. The molecule has 0 amide bonds. The first-order chi connectivity index (χ1) is 17.1. The highest BCUT2D eigenvalue weighted by molar-refractivity contribution is 7.18.